The van der Waals surface area contributed by atoms with Crippen LogP contribution in [0.25, 0.3) is 0 Å². The molecule has 0 radical (unpaired) electrons. The van der Waals surface area contributed by atoms with Gasteiger partial charge < -0.3 is 34.1 Å². The first kappa shape index (κ1) is 42.0. The molecule has 304 valence electrons. The van der Waals surface area contributed by atoms with Crippen molar-refractivity contribution in [3.05, 3.63) is 116 Å². The number of rotatable bonds is 12. The third kappa shape index (κ3) is 9.09. The van der Waals surface area contributed by atoms with Crippen molar-refractivity contribution in [3.8, 4) is 23.0 Å². The predicted molar refractivity (Wildman–Crippen MR) is 224 cm³/mol. The molecule has 1 aromatic heterocycles. The Balaban J connectivity index is 1.43. The Labute approximate surface area is 341 Å². The maximum absolute atomic E-state index is 14.6. The number of carbonyl (C=O) groups excluding carboxylic acids is 2. The summed E-state index contributed by atoms with van der Waals surface area (Å²) in [6, 6.07) is 20.9. The average Bonchev–Trinajstić information content (AvgIpc) is 3.75. The fourth-order valence-electron chi connectivity index (χ4n) is 8.90. The highest BCUT2D eigenvalue weighted by Crippen LogP contribution is 2.59. The molecule has 1 heterocycles. The van der Waals surface area contributed by atoms with Crippen LogP contribution in [0.1, 0.15) is 101 Å². The molecule has 4 atom stereocenters. The summed E-state index contributed by atoms with van der Waals surface area (Å²) in [6.07, 6.45) is 6.00. The van der Waals surface area contributed by atoms with Crippen LogP contribution in [0.3, 0.4) is 0 Å². The molecule has 0 saturated heterocycles. The number of ketones is 1. The Morgan fingerprint density at radius 1 is 0.860 bits per heavy atom. The molecule has 1 saturated carbocycles. The lowest BCUT2D eigenvalue weighted by molar-refractivity contribution is -0.140. The Morgan fingerprint density at radius 3 is 2.33 bits per heavy atom. The molecule has 0 spiro atoms. The largest absolute Gasteiger partial charge is 0.497 e. The van der Waals surface area contributed by atoms with Crippen LogP contribution in [0.4, 0.5) is 0 Å². The number of benzene rings is 3. The topological polar surface area (TPSA) is 115 Å². The summed E-state index contributed by atoms with van der Waals surface area (Å²) in [5.74, 6) is 1.93. The van der Waals surface area contributed by atoms with Crippen LogP contribution in [-0.4, -0.2) is 73.5 Å². The van der Waals surface area contributed by atoms with Gasteiger partial charge in [0.15, 0.2) is 11.5 Å². The fourth-order valence-corrected chi connectivity index (χ4v) is 9.72. The number of hydrogen-bond acceptors (Lipinski definition) is 9. The summed E-state index contributed by atoms with van der Waals surface area (Å²) in [6.45, 7) is 6.51. The van der Waals surface area contributed by atoms with Gasteiger partial charge in [-0.15, -0.1) is 11.3 Å². The minimum absolute atomic E-state index is 0.0432. The molecule has 57 heavy (non-hydrogen) atoms. The lowest BCUT2D eigenvalue weighted by atomic mass is 9.64. The maximum Gasteiger partial charge on any atom is 0.227 e. The van der Waals surface area contributed by atoms with Gasteiger partial charge in [-0.2, -0.15) is 0 Å². The number of thiophene rings is 1. The van der Waals surface area contributed by atoms with E-state index in [2.05, 4.69) is 26.0 Å². The standard InChI is InChI=1S/C47H57NO8S/c1-30-9-8-21-46(3)39(37-17-12-32(23-35(49)15-10-30)24-38(37)45(51)43-19-11-31(2)57-43)20-22-47(46,52)29-48(28-34-14-16-36(53-4)27-41(34)55-6)44(50)26-33-13-18-40(54-5)42(25-33)56-7/h9,11-14,16-19,24-25,27,35,39,49,52H,8,10,15,20-23,26,28-29H2,1-7H3. The van der Waals surface area contributed by atoms with E-state index in [4.69, 9.17) is 18.9 Å². The second-order valence-electron chi connectivity index (χ2n) is 16.0. The van der Waals surface area contributed by atoms with Crippen molar-refractivity contribution in [1.29, 1.82) is 0 Å². The van der Waals surface area contributed by atoms with Gasteiger partial charge >= 0.3 is 0 Å². The number of aliphatic hydroxyl groups excluding tert-OH is 1. The van der Waals surface area contributed by atoms with Gasteiger partial charge in [0.1, 0.15) is 11.5 Å². The van der Waals surface area contributed by atoms with Gasteiger partial charge in [-0.05, 0) is 124 Å². The van der Waals surface area contributed by atoms with E-state index >= 15 is 0 Å². The Bertz CT molecular complexity index is 2110. The van der Waals surface area contributed by atoms with E-state index in [-0.39, 0.29) is 37.1 Å². The molecule has 7 rings (SSSR count). The highest BCUT2D eigenvalue weighted by Gasteiger charge is 2.57. The molecule has 2 bridgehead atoms. The quantitative estimate of drug-likeness (QED) is 0.108. The minimum Gasteiger partial charge on any atom is -0.497 e. The van der Waals surface area contributed by atoms with E-state index in [1.165, 1.54) is 16.9 Å². The van der Waals surface area contributed by atoms with E-state index in [0.29, 0.717) is 72.0 Å². The van der Waals surface area contributed by atoms with E-state index in [9.17, 15) is 19.8 Å². The number of aryl methyl sites for hydroxylation is 1. The lowest BCUT2D eigenvalue weighted by Crippen LogP contribution is -2.53. The van der Waals surface area contributed by atoms with Crippen LogP contribution >= 0.6 is 11.3 Å². The number of ether oxygens (including phenoxy) is 4. The molecule has 1 amide bonds. The third-order valence-corrected chi connectivity index (χ3v) is 13.3. The Kier molecular flexibility index (Phi) is 13.2. The van der Waals surface area contributed by atoms with Gasteiger partial charge in [0.2, 0.25) is 11.7 Å². The number of carbonyl (C=O) groups is 2. The predicted octanol–water partition coefficient (Wildman–Crippen LogP) is 8.63. The SMILES string of the molecule is COc1ccc(CN(CC2(O)CCC3c4ccc(cc4C(=O)c4ccc(C)s4)CC(O)CCC(C)=CCCC32C)C(=O)Cc2ccc(OC)c(OC)c2)c(OC)c1. The molecule has 2 N–H and O–H groups in total. The monoisotopic (exact) mass is 795 g/mol. The van der Waals surface area contributed by atoms with Crippen molar-refractivity contribution in [1.82, 2.24) is 4.90 Å². The molecule has 3 aliphatic rings. The molecule has 0 aliphatic heterocycles. The first-order chi connectivity index (χ1) is 27.3. The van der Waals surface area contributed by atoms with Crippen molar-refractivity contribution in [2.75, 3.05) is 35.0 Å². The van der Waals surface area contributed by atoms with Crippen LogP contribution in [0.2, 0.25) is 0 Å². The minimum atomic E-state index is -1.32. The molecule has 9 nitrogen and oxygen atoms in total. The van der Waals surface area contributed by atoms with Crippen LogP contribution in [0.15, 0.2) is 78.4 Å². The molecule has 3 aromatic carbocycles. The molecule has 4 aromatic rings. The van der Waals surface area contributed by atoms with Crippen molar-refractivity contribution in [2.45, 2.75) is 96.3 Å². The summed E-state index contributed by atoms with van der Waals surface area (Å²) in [4.78, 5) is 32.5. The second-order valence-corrected chi connectivity index (χ2v) is 17.3. The zero-order chi connectivity index (χ0) is 40.9. The molecular weight excluding hydrogens is 739 g/mol. The fraction of sp³-hybridized carbons (Fsp3) is 0.447. The molecule has 4 unspecified atom stereocenters. The summed E-state index contributed by atoms with van der Waals surface area (Å²) in [5, 5.41) is 24.3. The van der Waals surface area contributed by atoms with E-state index < -0.39 is 17.1 Å². The smallest absolute Gasteiger partial charge is 0.227 e. The number of amides is 1. The number of hydrogen-bond donors (Lipinski definition) is 2. The first-order valence-corrected chi connectivity index (χ1v) is 20.6. The number of allylic oxidation sites excluding steroid dienone is 2. The number of methoxy groups -OCH3 is 4. The van der Waals surface area contributed by atoms with E-state index in [0.717, 1.165) is 33.6 Å². The van der Waals surface area contributed by atoms with Crippen molar-refractivity contribution in [3.63, 3.8) is 0 Å². The zero-order valence-corrected chi connectivity index (χ0v) is 35.2. The molecule has 10 heteroatoms. The van der Waals surface area contributed by atoms with Crippen molar-refractivity contribution >= 4 is 23.0 Å². The number of fused-ring (bicyclic) bond motifs is 8. The van der Waals surface area contributed by atoms with Crippen LogP contribution in [0.5, 0.6) is 23.0 Å². The van der Waals surface area contributed by atoms with Crippen molar-refractivity contribution < 1.29 is 38.7 Å². The van der Waals surface area contributed by atoms with Gasteiger partial charge in [0.25, 0.3) is 0 Å². The van der Waals surface area contributed by atoms with Gasteiger partial charge in [-0.3, -0.25) is 9.59 Å². The first-order valence-electron chi connectivity index (χ1n) is 19.8. The normalized spacial score (nSPS) is 22.2. The number of nitrogens with zero attached hydrogens (tertiary/aromatic N) is 1. The van der Waals surface area contributed by atoms with Crippen LogP contribution in [-0.2, 0) is 24.2 Å². The van der Waals surface area contributed by atoms with Gasteiger partial charge in [-0.25, -0.2) is 0 Å². The van der Waals surface area contributed by atoms with Gasteiger partial charge in [-0.1, -0.05) is 36.8 Å². The summed E-state index contributed by atoms with van der Waals surface area (Å²) >= 11 is 1.48. The summed E-state index contributed by atoms with van der Waals surface area (Å²) < 4.78 is 22.2. The van der Waals surface area contributed by atoms with Gasteiger partial charge in [0.05, 0.1) is 58.0 Å². The van der Waals surface area contributed by atoms with E-state index in [1.54, 1.807) is 45.5 Å². The maximum atomic E-state index is 14.6. The average molecular weight is 796 g/mol. The van der Waals surface area contributed by atoms with Crippen LogP contribution in [0, 0.1) is 12.3 Å². The highest BCUT2D eigenvalue weighted by atomic mass is 32.1. The van der Waals surface area contributed by atoms with Crippen molar-refractivity contribution in [2.24, 2.45) is 5.41 Å². The molecule has 3 aliphatic carbocycles. The summed E-state index contributed by atoms with van der Waals surface area (Å²) in [5.41, 5.74) is 3.11. The molecule has 1 fully saturated rings. The molecular formula is C47H57NO8S. The zero-order valence-electron chi connectivity index (χ0n) is 34.4. The number of aliphatic hydroxyl groups is 2. The lowest BCUT2D eigenvalue weighted by Gasteiger charge is -2.46. The van der Waals surface area contributed by atoms with Gasteiger partial charge in [0, 0.05) is 34.0 Å². The van der Waals surface area contributed by atoms with Crippen LogP contribution < -0.4 is 18.9 Å². The highest BCUT2D eigenvalue weighted by molar-refractivity contribution is 7.14. The van der Waals surface area contributed by atoms with E-state index in [1.807, 2.05) is 55.5 Å². The third-order valence-electron chi connectivity index (χ3n) is 12.3. The Hall–Kier alpha value is -4.64. The summed E-state index contributed by atoms with van der Waals surface area (Å²) in [7, 11) is 6.34. The Morgan fingerprint density at radius 2 is 1.63 bits per heavy atom. The second kappa shape index (κ2) is 17.9.